The zero-order valence-corrected chi connectivity index (χ0v) is 11.4. The van der Waals surface area contributed by atoms with Crippen LogP contribution in [0.4, 0.5) is 5.69 Å². The molecular weight excluding hydrogens is 282 g/mol. The SMILES string of the molecule is COc1cc(Br)cc(NCc2cncn2C)c1. The van der Waals surface area contributed by atoms with Gasteiger partial charge in [0.25, 0.3) is 0 Å². The Morgan fingerprint density at radius 2 is 2.24 bits per heavy atom. The number of hydrogen-bond donors (Lipinski definition) is 1. The Hall–Kier alpha value is -1.49. The molecule has 1 N–H and O–H groups in total. The van der Waals surface area contributed by atoms with Gasteiger partial charge in [0.15, 0.2) is 0 Å². The van der Waals surface area contributed by atoms with Gasteiger partial charge < -0.3 is 14.6 Å². The van der Waals surface area contributed by atoms with Crippen molar-refractivity contribution in [3.63, 3.8) is 0 Å². The standard InChI is InChI=1S/C12H14BrN3O/c1-16-8-14-6-11(16)7-15-10-3-9(13)4-12(5-10)17-2/h3-6,8,15H,7H2,1-2H3. The second kappa shape index (κ2) is 5.23. The molecule has 2 rings (SSSR count). The minimum atomic E-state index is 0.732. The fourth-order valence-corrected chi connectivity index (χ4v) is 2.00. The lowest BCUT2D eigenvalue weighted by Gasteiger charge is -2.09. The van der Waals surface area contributed by atoms with E-state index in [2.05, 4.69) is 26.2 Å². The first-order valence-electron chi connectivity index (χ1n) is 5.22. The first-order valence-corrected chi connectivity index (χ1v) is 6.02. The fourth-order valence-electron chi connectivity index (χ4n) is 1.53. The van der Waals surface area contributed by atoms with Crippen molar-refractivity contribution >= 4 is 21.6 Å². The minimum Gasteiger partial charge on any atom is -0.497 e. The molecule has 0 saturated heterocycles. The number of rotatable bonds is 4. The number of nitrogens with one attached hydrogen (secondary N) is 1. The molecule has 0 aliphatic rings. The summed E-state index contributed by atoms with van der Waals surface area (Å²) in [7, 11) is 3.64. The van der Waals surface area contributed by atoms with Crippen LogP contribution in [0.3, 0.4) is 0 Å². The van der Waals surface area contributed by atoms with Crippen LogP contribution in [0.1, 0.15) is 5.69 Å². The van der Waals surface area contributed by atoms with Crippen molar-refractivity contribution in [1.82, 2.24) is 9.55 Å². The molecule has 1 heterocycles. The minimum absolute atomic E-state index is 0.732. The van der Waals surface area contributed by atoms with Crippen LogP contribution in [0.25, 0.3) is 0 Å². The van der Waals surface area contributed by atoms with Crippen molar-refractivity contribution in [2.45, 2.75) is 6.54 Å². The van der Waals surface area contributed by atoms with Crippen LogP contribution in [-0.2, 0) is 13.6 Å². The molecule has 0 bridgehead atoms. The van der Waals surface area contributed by atoms with Crippen molar-refractivity contribution in [2.24, 2.45) is 7.05 Å². The summed E-state index contributed by atoms with van der Waals surface area (Å²) in [5.41, 5.74) is 2.14. The molecule has 5 heteroatoms. The summed E-state index contributed by atoms with van der Waals surface area (Å²) in [6.45, 7) is 0.732. The molecule has 0 amide bonds. The highest BCUT2D eigenvalue weighted by molar-refractivity contribution is 9.10. The molecule has 90 valence electrons. The molecule has 0 aliphatic heterocycles. The van der Waals surface area contributed by atoms with E-state index in [-0.39, 0.29) is 0 Å². The van der Waals surface area contributed by atoms with Crippen LogP contribution in [0, 0.1) is 0 Å². The maximum absolute atomic E-state index is 5.21. The molecule has 2 aromatic rings. The number of halogens is 1. The maximum atomic E-state index is 5.21. The molecule has 1 aromatic heterocycles. The average molecular weight is 296 g/mol. The van der Waals surface area contributed by atoms with E-state index in [1.165, 1.54) is 0 Å². The largest absolute Gasteiger partial charge is 0.497 e. The van der Waals surface area contributed by atoms with E-state index in [9.17, 15) is 0 Å². The van der Waals surface area contributed by atoms with Crippen molar-refractivity contribution in [3.8, 4) is 5.75 Å². The molecule has 1 aromatic carbocycles. The summed E-state index contributed by atoms with van der Waals surface area (Å²) in [4.78, 5) is 4.07. The summed E-state index contributed by atoms with van der Waals surface area (Å²) in [6, 6.07) is 5.90. The van der Waals surface area contributed by atoms with Crippen LogP contribution < -0.4 is 10.1 Å². The van der Waals surface area contributed by atoms with Gasteiger partial charge in [-0.25, -0.2) is 4.98 Å². The van der Waals surface area contributed by atoms with Gasteiger partial charge in [0, 0.05) is 29.5 Å². The summed E-state index contributed by atoms with van der Waals surface area (Å²) >= 11 is 3.45. The highest BCUT2D eigenvalue weighted by Crippen LogP contribution is 2.24. The van der Waals surface area contributed by atoms with Crippen LogP contribution in [0.2, 0.25) is 0 Å². The number of benzene rings is 1. The Morgan fingerprint density at radius 1 is 1.41 bits per heavy atom. The molecule has 4 nitrogen and oxygen atoms in total. The Morgan fingerprint density at radius 3 is 2.88 bits per heavy atom. The molecule has 0 atom stereocenters. The number of anilines is 1. The highest BCUT2D eigenvalue weighted by atomic mass is 79.9. The van der Waals surface area contributed by atoms with Gasteiger partial charge in [-0.05, 0) is 12.1 Å². The lowest BCUT2D eigenvalue weighted by molar-refractivity contribution is 0.414. The van der Waals surface area contributed by atoms with E-state index < -0.39 is 0 Å². The van der Waals surface area contributed by atoms with E-state index in [1.807, 2.05) is 36.0 Å². The first kappa shape index (κ1) is 12.0. The zero-order valence-electron chi connectivity index (χ0n) is 9.77. The number of nitrogens with zero attached hydrogens (tertiary/aromatic N) is 2. The third kappa shape index (κ3) is 3.00. The normalized spacial score (nSPS) is 10.3. The third-order valence-electron chi connectivity index (χ3n) is 2.50. The molecule has 0 unspecified atom stereocenters. The smallest absolute Gasteiger partial charge is 0.122 e. The fraction of sp³-hybridized carbons (Fsp3) is 0.250. The quantitative estimate of drug-likeness (QED) is 0.943. The van der Waals surface area contributed by atoms with E-state index >= 15 is 0 Å². The molecule has 0 aliphatic carbocycles. The van der Waals surface area contributed by atoms with Gasteiger partial charge in [-0.2, -0.15) is 0 Å². The van der Waals surface area contributed by atoms with E-state index in [0.29, 0.717) is 0 Å². The topological polar surface area (TPSA) is 39.1 Å². The third-order valence-corrected chi connectivity index (χ3v) is 2.95. The lowest BCUT2D eigenvalue weighted by atomic mass is 10.3. The number of aryl methyl sites for hydroxylation is 1. The molecule has 0 radical (unpaired) electrons. The highest BCUT2D eigenvalue weighted by Gasteiger charge is 2.01. The number of aromatic nitrogens is 2. The van der Waals surface area contributed by atoms with Crippen LogP contribution >= 0.6 is 15.9 Å². The first-order chi connectivity index (χ1) is 8.19. The number of ether oxygens (including phenoxy) is 1. The van der Waals surface area contributed by atoms with Gasteiger partial charge in [0.05, 0.1) is 25.7 Å². The summed E-state index contributed by atoms with van der Waals surface area (Å²) in [6.07, 6.45) is 3.64. The zero-order chi connectivity index (χ0) is 12.3. The Bertz CT molecular complexity index is 510. The van der Waals surface area contributed by atoms with E-state index in [4.69, 9.17) is 4.74 Å². The van der Waals surface area contributed by atoms with Crippen LogP contribution in [0.15, 0.2) is 35.2 Å². The van der Waals surface area contributed by atoms with Crippen LogP contribution in [0.5, 0.6) is 5.75 Å². The van der Waals surface area contributed by atoms with Crippen molar-refractivity contribution in [2.75, 3.05) is 12.4 Å². The van der Waals surface area contributed by atoms with Gasteiger partial charge >= 0.3 is 0 Å². The summed E-state index contributed by atoms with van der Waals surface area (Å²) < 4.78 is 8.19. The van der Waals surface area contributed by atoms with Gasteiger partial charge in [-0.15, -0.1) is 0 Å². The second-order valence-electron chi connectivity index (χ2n) is 3.73. The monoisotopic (exact) mass is 295 g/mol. The number of imidazole rings is 1. The van der Waals surface area contributed by atoms with E-state index in [1.54, 1.807) is 13.4 Å². The van der Waals surface area contributed by atoms with Crippen molar-refractivity contribution < 1.29 is 4.74 Å². The molecule has 0 spiro atoms. The van der Waals surface area contributed by atoms with Crippen molar-refractivity contribution in [3.05, 3.63) is 40.9 Å². The second-order valence-corrected chi connectivity index (χ2v) is 4.64. The van der Waals surface area contributed by atoms with E-state index in [0.717, 1.165) is 28.1 Å². The predicted molar refractivity (Wildman–Crippen MR) is 71.2 cm³/mol. The van der Waals surface area contributed by atoms with Crippen LogP contribution in [-0.4, -0.2) is 16.7 Å². The van der Waals surface area contributed by atoms with Gasteiger partial charge in [0.1, 0.15) is 5.75 Å². The Kier molecular flexibility index (Phi) is 3.68. The van der Waals surface area contributed by atoms with Gasteiger partial charge in [-0.1, -0.05) is 15.9 Å². The summed E-state index contributed by atoms with van der Waals surface area (Å²) in [5, 5.41) is 3.33. The molecule has 0 saturated carbocycles. The lowest BCUT2D eigenvalue weighted by Crippen LogP contribution is -2.04. The Labute approximate surface area is 109 Å². The average Bonchev–Trinajstić information content (AvgIpc) is 2.71. The predicted octanol–water partition coefficient (Wildman–Crippen LogP) is 2.80. The number of hydrogen-bond acceptors (Lipinski definition) is 3. The van der Waals surface area contributed by atoms with Crippen molar-refractivity contribution in [1.29, 1.82) is 0 Å². The molecule has 0 fully saturated rings. The molecular formula is C12H14BrN3O. The van der Waals surface area contributed by atoms with Gasteiger partial charge in [-0.3, -0.25) is 0 Å². The van der Waals surface area contributed by atoms with Gasteiger partial charge in [0.2, 0.25) is 0 Å². The maximum Gasteiger partial charge on any atom is 0.122 e. The Balaban J connectivity index is 2.09. The molecule has 17 heavy (non-hydrogen) atoms. The number of methoxy groups -OCH3 is 1. The summed E-state index contributed by atoms with van der Waals surface area (Å²) in [5.74, 6) is 0.826.